The zero-order valence-corrected chi connectivity index (χ0v) is 15.0. The SMILES string of the molecule is Cn1c([C@@H]2CCCN2CC(=O)N2CCNC(=O)C2)nc2c1CCCC2. The third kappa shape index (κ3) is 3.17. The van der Waals surface area contributed by atoms with Crippen LogP contribution >= 0.6 is 0 Å². The molecule has 3 aliphatic rings. The summed E-state index contributed by atoms with van der Waals surface area (Å²) in [5.74, 6) is 1.11. The van der Waals surface area contributed by atoms with Crippen LogP contribution in [0.3, 0.4) is 0 Å². The van der Waals surface area contributed by atoms with E-state index in [1.54, 1.807) is 4.90 Å². The lowest BCUT2D eigenvalue weighted by Gasteiger charge is -2.30. The molecular formula is C18H27N5O2. The van der Waals surface area contributed by atoms with E-state index in [1.807, 2.05) is 0 Å². The average molecular weight is 345 g/mol. The van der Waals surface area contributed by atoms with E-state index in [0.717, 1.165) is 38.1 Å². The van der Waals surface area contributed by atoms with Crippen LogP contribution < -0.4 is 5.32 Å². The van der Waals surface area contributed by atoms with Gasteiger partial charge in [0.15, 0.2) is 0 Å². The Kier molecular flexibility index (Phi) is 4.50. The lowest BCUT2D eigenvalue weighted by atomic mass is 10.0. The van der Waals surface area contributed by atoms with Gasteiger partial charge in [0.05, 0.1) is 24.8 Å². The highest BCUT2D eigenvalue weighted by molar-refractivity contribution is 5.86. The van der Waals surface area contributed by atoms with Crippen LogP contribution in [0, 0.1) is 0 Å². The van der Waals surface area contributed by atoms with Crippen molar-refractivity contribution in [2.24, 2.45) is 7.05 Å². The van der Waals surface area contributed by atoms with Gasteiger partial charge in [0, 0.05) is 25.8 Å². The van der Waals surface area contributed by atoms with Gasteiger partial charge in [0.1, 0.15) is 5.82 Å². The quantitative estimate of drug-likeness (QED) is 0.861. The fraction of sp³-hybridized carbons (Fsp3) is 0.722. The molecule has 2 fully saturated rings. The number of carbonyl (C=O) groups excluding carboxylic acids is 2. The van der Waals surface area contributed by atoms with Crippen molar-refractivity contribution in [3.8, 4) is 0 Å². The fourth-order valence-electron chi connectivity index (χ4n) is 4.44. The normalized spacial score (nSPS) is 24.3. The molecule has 7 nitrogen and oxygen atoms in total. The Hall–Kier alpha value is -1.89. The number of imidazole rings is 1. The minimum absolute atomic E-state index is 0.0562. The van der Waals surface area contributed by atoms with E-state index in [1.165, 1.54) is 24.2 Å². The number of fused-ring (bicyclic) bond motifs is 1. The highest BCUT2D eigenvalue weighted by atomic mass is 16.2. The van der Waals surface area contributed by atoms with E-state index in [2.05, 4.69) is 21.8 Å². The van der Waals surface area contributed by atoms with Crippen LogP contribution in [0.4, 0.5) is 0 Å². The van der Waals surface area contributed by atoms with Crippen LogP contribution in [0.15, 0.2) is 0 Å². The second kappa shape index (κ2) is 6.78. The summed E-state index contributed by atoms with van der Waals surface area (Å²) in [7, 11) is 2.12. The topological polar surface area (TPSA) is 70.5 Å². The average Bonchev–Trinajstić information content (AvgIpc) is 3.19. The van der Waals surface area contributed by atoms with Crippen molar-refractivity contribution in [2.75, 3.05) is 32.7 Å². The zero-order valence-electron chi connectivity index (χ0n) is 15.0. The van der Waals surface area contributed by atoms with E-state index < -0.39 is 0 Å². The first-order valence-corrected chi connectivity index (χ1v) is 9.46. The molecule has 2 amide bonds. The summed E-state index contributed by atoms with van der Waals surface area (Å²) in [5, 5.41) is 2.77. The number of hydrogen-bond acceptors (Lipinski definition) is 4. The summed E-state index contributed by atoms with van der Waals surface area (Å²) < 4.78 is 2.27. The highest BCUT2D eigenvalue weighted by Crippen LogP contribution is 2.33. The molecule has 0 aromatic carbocycles. The largest absolute Gasteiger partial charge is 0.353 e. The third-order valence-electron chi connectivity index (χ3n) is 5.80. The van der Waals surface area contributed by atoms with Crippen LogP contribution in [0.5, 0.6) is 0 Å². The maximum Gasteiger partial charge on any atom is 0.239 e. The number of piperazine rings is 1. The third-order valence-corrected chi connectivity index (χ3v) is 5.80. The van der Waals surface area contributed by atoms with Crippen molar-refractivity contribution in [1.29, 1.82) is 0 Å². The maximum absolute atomic E-state index is 12.6. The van der Waals surface area contributed by atoms with Gasteiger partial charge >= 0.3 is 0 Å². The summed E-state index contributed by atoms with van der Waals surface area (Å²) in [5.41, 5.74) is 2.64. The fourth-order valence-corrected chi connectivity index (χ4v) is 4.44. The molecule has 1 aromatic heterocycles. The first-order valence-electron chi connectivity index (χ1n) is 9.46. The molecule has 2 aliphatic heterocycles. The van der Waals surface area contributed by atoms with Gasteiger partial charge in [-0.3, -0.25) is 14.5 Å². The van der Waals surface area contributed by atoms with E-state index in [4.69, 9.17) is 4.98 Å². The molecule has 1 aromatic rings. The van der Waals surface area contributed by atoms with Gasteiger partial charge in [-0.25, -0.2) is 4.98 Å². The van der Waals surface area contributed by atoms with Gasteiger partial charge in [-0.2, -0.15) is 0 Å². The van der Waals surface area contributed by atoms with Gasteiger partial charge in [0.2, 0.25) is 11.8 Å². The van der Waals surface area contributed by atoms with Gasteiger partial charge in [0.25, 0.3) is 0 Å². The standard InChI is InChI=1S/C18H27N5O2/c1-21-14-6-3-2-5-13(14)20-18(21)15-7-4-9-22(15)12-17(25)23-10-8-19-16(24)11-23/h15H,2-12H2,1H3,(H,19,24)/t15-/m0/s1. The number of nitrogens with zero attached hydrogens (tertiary/aromatic N) is 4. The van der Waals surface area contributed by atoms with E-state index in [0.29, 0.717) is 19.6 Å². The van der Waals surface area contributed by atoms with E-state index in [9.17, 15) is 9.59 Å². The Bertz CT molecular complexity index is 683. The molecule has 4 rings (SSSR count). The Morgan fingerprint density at radius 2 is 2.08 bits per heavy atom. The Balaban J connectivity index is 1.48. The molecule has 0 unspecified atom stereocenters. The van der Waals surface area contributed by atoms with Crippen molar-refractivity contribution < 1.29 is 9.59 Å². The van der Waals surface area contributed by atoms with E-state index >= 15 is 0 Å². The number of carbonyl (C=O) groups is 2. The summed E-state index contributed by atoms with van der Waals surface area (Å²) in [4.78, 5) is 33.0. The molecule has 136 valence electrons. The molecule has 0 spiro atoms. The summed E-state index contributed by atoms with van der Waals surface area (Å²) in [6, 6.07) is 0.221. The van der Waals surface area contributed by atoms with Crippen molar-refractivity contribution >= 4 is 11.8 Å². The summed E-state index contributed by atoms with van der Waals surface area (Å²) in [6.07, 6.45) is 6.82. The molecule has 3 heterocycles. The Labute approximate surface area is 148 Å². The number of aromatic nitrogens is 2. The molecule has 0 bridgehead atoms. The maximum atomic E-state index is 12.6. The van der Waals surface area contributed by atoms with Crippen molar-refractivity contribution in [1.82, 2.24) is 24.7 Å². The number of aryl methyl sites for hydroxylation is 1. The van der Waals surface area contributed by atoms with Crippen LogP contribution in [0.1, 0.15) is 48.9 Å². The molecule has 1 atom stereocenters. The predicted molar refractivity (Wildman–Crippen MR) is 93.0 cm³/mol. The van der Waals surface area contributed by atoms with Crippen LogP contribution in [0.2, 0.25) is 0 Å². The van der Waals surface area contributed by atoms with Crippen molar-refractivity contribution in [3.63, 3.8) is 0 Å². The first kappa shape index (κ1) is 16.6. The zero-order chi connectivity index (χ0) is 17.4. The van der Waals surface area contributed by atoms with Gasteiger partial charge in [-0.15, -0.1) is 0 Å². The second-order valence-electron chi connectivity index (χ2n) is 7.42. The molecule has 1 aliphatic carbocycles. The minimum Gasteiger partial charge on any atom is -0.353 e. The Morgan fingerprint density at radius 3 is 2.88 bits per heavy atom. The Morgan fingerprint density at radius 1 is 1.24 bits per heavy atom. The van der Waals surface area contributed by atoms with Crippen LogP contribution in [-0.4, -0.2) is 63.9 Å². The van der Waals surface area contributed by atoms with Crippen LogP contribution in [-0.2, 0) is 29.5 Å². The number of hydrogen-bond donors (Lipinski definition) is 1. The molecule has 7 heteroatoms. The number of likely N-dealkylation sites (tertiary alicyclic amines) is 1. The minimum atomic E-state index is -0.0608. The lowest BCUT2D eigenvalue weighted by Crippen LogP contribution is -2.52. The number of amides is 2. The molecule has 1 N–H and O–H groups in total. The molecule has 0 radical (unpaired) electrons. The molecule has 0 saturated carbocycles. The lowest BCUT2D eigenvalue weighted by molar-refractivity contribution is -0.139. The molecule has 2 saturated heterocycles. The smallest absolute Gasteiger partial charge is 0.239 e. The first-order chi connectivity index (χ1) is 12.1. The van der Waals surface area contributed by atoms with Gasteiger partial charge in [-0.1, -0.05) is 0 Å². The molecule has 25 heavy (non-hydrogen) atoms. The summed E-state index contributed by atoms with van der Waals surface area (Å²) in [6.45, 7) is 2.66. The van der Waals surface area contributed by atoms with Crippen molar-refractivity contribution in [3.05, 3.63) is 17.2 Å². The number of rotatable bonds is 3. The predicted octanol–water partition coefficient (Wildman–Crippen LogP) is 0.394. The number of nitrogens with one attached hydrogen (secondary N) is 1. The monoisotopic (exact) mass is 345 g/mol. The highest BCUT2D eigenvalue weighted by Gasteiger charge is 2.34. The molecular weight excluding hydrogens is 318 g/mol. The van der Waals surface area contributed by atoms with Gasteiger partial charge < -0.3 is 14.8 Å². The van der Waals surface area contributed by atoms with Crippen LogP contribution in [0.25, 0.3) is 0 Å². The summed E-state index contributed by atoms with van der Waals surface area (Å²) >= 11 is 0. The van der Waals surface area contributed by atoms with Crippen molar-refractivity contribution in [2.45, 2.75) is 44.6 Å². The second-order valence-corrected chi connectivity index (χ2v) is 7.42. The van der Waals surface area contributed by atoms with Gasteiger partial charge in [-0.05, 0) is 45.1 Å². The van der Waals surface area contributed by atoms with E-state index in [-0.39, 0.29) is 24.4 Å².